The van der Waals surface area contributed by atoms with Crippen LogP contribution in [-0.4, -0.2) is 19.9 Å². The lowest BCUT2D eigenvalue weighted by Gasteiger charge is -2.04. The fourth-order valence-corrected chi connectivity index (χ4v) is 1.93. The van der Waals surface area contributed by atoms with Crippen molar-refractivity contribution < 1.29 is 4.39 Å². The van der Waals surface area contributed by atoms with Crippen molar-refractivity contribution in [3.05, 3.63) is 35.9 Å². The number of rotatable bonds is 1. The van der Waals surface area contributed by atoms with Gasteiger partial charge in [-0.3, -0.25) is 0 Å². The Hall–Kier alpha value is -2.50. The van der Waals surface area contributed by atoms with Gasteiger partial charge in [0.25, 0.3) is 0 Å². The molecule has 0 saturated heterocycles. The summed E-state index contributed by atoms with van der Waals surface area (Å²) in [4.78, 5) is 15.1. The number of fused-ring (bicyclic) bond motifs is 1. The maximum absolute atomic E-state index is 13.4. The zero-order chi connectivity index (χ0) is 12.7. The zero-order valence-electron chi connectivity index (χ0n) is 9.61. The van der Waals surface area contributed by atoms with Gasteiger partial charge in [-0.05, 0) is 30.7 Å². The minimum Gasteiger partial charge on any atom is -0.368 e. The van der Waals surface area contributed by atoms with Gasteiger partial charge in [0.05, 0.1) is 6.33 Å². The molecule has 0 amide bonds. The molecule has 0 aliphatic carbocycles. The minimum absolute atomic E-state index is 0.117. The normalized spacial score (nSPS) is 11.0. The molecule has 0 bridgehead atoms. The van der Waals surface area contributed by atoms with E-state index in [4.69, 9.17) is 5.73 Å². The molecule has 6 heteroatoms. The lowest BCUT2D eigenvalue weighted by molar-refractivity contribution is 0.627. The van der Waals surface area contributed by atoms with Crippen LogP contribution in [0.3, 0.4) is 0 Å². The number of anilines is 1. The van der Waals surface area contributed by atoms with Crippen LogP contribution in [0.2, 0.25) is 0 Å². The molecule has 2 heterocycles. The Kier molecular flexibility index (Phi) is 2.22. The van der Waals surface area contributed by atoms with Gasteiger partial charge in [-0.25, -0.2) is 14.4 Å². The molecule has 3 N–H and O–H groups in total. The van der Waals surface area contributed by atoms with Crippen molar-refractivity contribution in [1.82, 2.24) is 19.9 Å². The molecule has 0 aliphatic heterocycles. The standard InChI is InChI=1S/C12H10FN5/c1-6-2-7(4-8(13)3-6)9-10-11(16-5-15-10)18-12(14)17-9/h2-5H,1H3,(H3,14,15,16,17,18). The van der Waals surface area contributed by atoms with E-state index < -0.39 is 0 Å². The van der Waals surface area contributed by atoms with Crippen molar-refractivity contribution in [3.63, 3.8) is 0 Å². The third-order valence-corrected chi connectivity index (χ3v) is 2.62. The highest BCUT2D eigenvalue weighted by Gasteiger charge is 2.11. The second-order valence-electron chi connectivity index (χ2n) is 4.05. The number of aromatic amines is 1. The maximum atomic E-state index is 13.4. The Bertz CT molecular complexity index is 714. The monoisotopic (exact) mass is 243 g/mol. The molecule has 5 nitrogen and oxygen atoms in total. The number of benzene rings is 1. The predicted octanol–water partition coefficient (Wildman–Crippen LogP) is 2.05. The first-order valence-corrected chi connectivity index (χ1v) is 5.37. The molecule has 3 aromatic rings. The van der Waals surface area contributed by atoms with Crippen molar-refractivity contribution in [1.29, 1.82) is 0 Å². The molecule has 0 aliphatic rings. The van der Waals surface area contributed by atoms with E-state index in [1.165, 1.54) is 18.5 Å². The Balaban J connectivity index is 2.33. The number of halogens is 1. The smallest absolute Gasteiger partial charge is 0.222 e. The van der Waals surface area contributed by atoms with Crippen LogP contribution in [0.25, 0.3) is 22.4 Å². The minimum atomic E-state index is -0.310. The van der Waals surface area contributed by atoms with Crippen LogP contribution >= 0.6 is 0 Å². The summed E-state index contributed by atoms with van der Waals surface area (Å²) in [7, 11) is 0. The molecule has 0 radical (unpaired) electrons. The van der Waals surface area contributed by atoms with Gasteiger partial charge in [0.1, 0.15) is 17.0 Å². The summed E-state index contributed by atoms with van der Waals surface area (Å²) >= 11 is 0. The van der Waals surface area contributed by atoms with Crippen LogP contribution in [-0.2, 0) is 0 Å². The summed E-state index contributed by atoms with van der Waals surface area (Å²) in [5.41, 5.74) is 8.76. The third-order valence-electron chi connectivity index (χ3n) is 2.62. The van der Waals surface area contributed by atoms with Crippen molar-refractivity contribution >= 4 is 17.1 Å². The van der Waals surface area contributed by atoms with E-state index in [0.717, 1.165) is 5.56 Å². The first-order chi connectivity index (χ1) is 8.63. The van der Waals surface area contributed by atoms with Gasteiger partial charge in [0.2, 0.25) is 5.95 Å². The quantitative estimate of drug-likeness (QED) is 0.685. The highest BCUT2D eigenvalue weighted by molar-refractivity contribution is 5.87. The molecule has 18 heavy (non-hydrogen) atoms. The molecule has 3 rings (SSSR count). The van der Waals surface area contributed by atoms with Gasteiger partial charge in [-0.2, -0.15) is 4.98 Å². The van der Waals surface area contributed by atoms with Gasteiger partial charge < -0.3 is 10.7 Å². The van der Waals surface area contributed by atoms with Crippen molar-refractivity contribution in [2.75, 3.05) is 5.73 Å². The van der Waals surface area contributed by atoms with Crippen LogP contribution in [0.15, 0.2) is 24.5 Å². The van der Waals surface area contributed by atoms with Crippen molar-refractivity contribution in [3.8, 4) is 11.3 Å². The first-order valence-electron chi connectivity index (χ1n) is 5.37. The highest BCUT2D eigenvalue weighted by atomic mass is 19.1. The van der Waals surface area contributed by atoms with Gasteiger partial charge in [-0.15, -0.1) is 0 Å². The lowest BCUT2D eigenvalue weighted by Crippen LogP contribution is -1.98. The number of aromatic nitrogens is 4. The van der Waals surface area contributed by atoms with E-state index in [1.54, 1.807) is 0 Å². The summed E-state index contributed by atoms with van der Waals surface area (Å²) in [6.45, 7) is 1.82. The van der Waals surface area contributed by atoms with Crippen LogP contribution < -0.4 is 5.73 Å². The van der Waals surface area contributed by atoms with Gasteiger partial charge in [-0.1, -0.05) is 0 Å². The Morgan fingerprint density at radius 2 is 2.06 bits per heavy atom. The number of hydrogen-bond donors (Lipinski definition) is 2. The molecule has 1 aromatic carbocycles. The maximum Gasteiger partial charge on any atom is 0.222 e. The van der Waals surface area contributed by atoms with Crippen LogP contribution in [0.1, 0.15) is 5.56 Å². The number of nitrogen functional groups attached to an aromatic ring is 1. The Morgan fingerprint density at radius 1 is 1.22 bits per heavy atom. The second-order valence-corrected chi connectivity index (χ2v) is 4.05. The largest absolute Gasteiger partial charge is 0.368 e. The van der Waals surface area contributed by atoms with E-state index in [2.05, 4.69) is 19.9 Å². The van der Waals surface area contributed by atoms with E-state index in [-0.39, 0.29) is 11.8 Å². The SMILES string of the molecule is Cc1cc(F)cc(-c2nc(N)nc3nc[nH]c23)c1. The van der Waals surface area contributed by atoms with E-state index >= 15 is 0 Å². The molecule has 0 unspecified atom stereocenters. The summed E-state index contributed by atoms with van der Waals surface area (Å²) in [5.74, 6) is -0.193. The van der Waals surface area contributed by atoms with Crippen LogP contribution in [0.4, 0.5) is 10.3 Å². The molecule has 90 valence electrons. The Labute approximate surface area is 102 Å². The molecule has 2 aromatic heterocycles. The summed E-state index contributed by atoms with van der Waals surface area (Å²) in [5, 5.41) is 0. The van der Waals surface area contributed by atoms with E-state index in [1.807, 2.05) is 13.0 Å². The molecule has 0 spiro atoms. The number of aryl methyl sites for hydroxylation is 1. The summed E-state index contributed by atoms with van der Waals surface area (Å²) in [6.07, 6.45) is 1.51. The van der Waals surface area contributed by atoms with Crippen LogP contribution in [0, 0.1) is 12.7 Å². The number of imidazole rings is 1. The topological polar surface area (TPSA) is 80.5 Å². The van der Waals surface area contributed by atoms with Crippen LogP contribution in [0.5, 0.6) is 0 Å². The highest BCUT2D eigenvalue weighted by Crippen LogP contribution is 2.26. The lowest BCUT2D eigenvalue weighted by atomic mass is 10.1. The van der Waals surface area contributed by atoms with E-state index in [9.17, 15) is 4.39 Å². The predicted molar refractivity (Wildman–Crippen MR) is 66.2 cm³/mol. The molecular weight excluding hydrogens is 233 g/mol. The summed E-state index contributed by atoms with van der Waals surface area (Å²) in [6, 6.07) is 4.71. The number of nitrogens with zero attached hydrogens (tertiary/aromatic N) is 3. The van der Waals surface area contributed by atoms with Gasteiger partial charge in [0.15, 0.2) is 5.65 Å². The zero-order valence-corrected chi connectivity index (χ0v) is 9.61. The Morgan fingerprint density at radius 3 is 2.83 bits per heavy atom. The average Bonchev–Trinajstić information content (AvgIpc) is 2.74. The number of nitrogens with two attached hydrogens (primary N) is 1. The van der Waals surface area contributed by atoms with E-state index in [0.29, 0.717) is 22.4 Å². The fraction of sp³-hybridized carbons (Fsp3) is 0.0833. The molecular formula is C12H10FN5. The first kappa shape index (κ1) is 10.6. The second kappa shape index (κ2) is 3.76. The third kappa shape index (κ3) is 1.67. The van der Waals surface area contributed by atoms with Gasteiger partial charge in [0, 0.05) is 5.56 Å². The molecule has 0 fully saturated rings. The van der Waals surface area contributed by atoms with Crippen molar-refractivity contribution in [2.45, 2.75) is 6.92 Å². The average molecular weight is 243 g/mol. The molecule has 0 saturated carbocycles. The fourth-order valence-electron chi connectivity index (χ4n) is 1.93. The number of H-pyrrole nitrogens is 1. The summed E-state index contributed by atoms with van der Waals surface area (Å²) < 4.78 is 13.4. The number of nitrogens with one attached hydrogen (secondary N) is 1. The van der Waals surface area contributed by atoms with Crippen molar-refractivity contribution in [2.24, 2.45) is 0 Å². The number of hydrogen-bond acceptors (Lipinski definition) is 4. The van der Waals surface area contributed by atoms with Gasteiger partial charge >= 0.3 is 0 Å². The molecule has 0 atom stereocenters.